The van der Waals surface area contributed by atoms with Crippen molar-refractivity contribution in [1.29, 1.82) is 0 Å². The highest BCUT2D eigenvalue weighted by atomic mass is 35.5. The van der Waals surface area contributed by atoms with Crippen molar-refractivity contribution < 1.29 is 9.53 Å². The smallest absolute Gasteiger partial charge is 0.143 e. The average Bonchev–Trinajstić information content (AvgIpc) is 2.79. The monoisotopic (exact) mass is 469 g/mol. The summed E-state index contributed by atoms with van der Waals surface area (Å²) in [6.07, 6.45) is 6.15. The van der Waals surface area contributed by atoms with Crippen LogP contribution in [-0.4, -0.2) is 42.1 Å². The molecule has 0 spiro atoms. The van der Waals surface area contributed by atoms with Gasteiger partial charge in [-0.1, -0.05) is 23.7 Å². The summed E-state index contributed by atoms with van der Waals surface area (Å²) in [5.74, 6) is 0.923. The van der Waals surface area contributed by atoms with Crippen LogP contribution in [0.25, 0.3) is 11.1 Å². The minimum Gasteiger partial charge on any atom is -0.385 e. The third-order valence-corrected chi connectivity index (χ3v) is 7.25. The van der Waals surface area contributed by atoms with E-state index in [4.69, 9.17) is 16.3 Å². The van der Waals surface area contributed by atoms with Gasteiger partial charge in [0.05, 0.1) is 10.6 Å². The van der Waals surface area contributed by atoms with Crippen molar-refractivity contribution >= 4 is 23.1 Å². The van der Waals surface area contributed by atoms with Gasteiger partial charge in [0.25, 0.3) is 0 Å². The lowest BCUT2D eigenvalue weighted by molar-refractivity contribution is -0.122. The molecular weight excluding hydrogens is 434 g/mol. The van der Waals surface area contributed by atoms with E-state index in [9.17, 15) is 4.79 Å². The standard InChI is InChI=1S/C27H36ClN3O2/c1-18-7-8-21(16-29-18)26(32)13-23-12-24(25(28)17-31-23)20-5-4-6-22(11-20)30-15-19-9-10-33-27(2,3)14-19/h4-6,11-12,17-19,21,29-30H,7-10,13-16H2,1-3H3/t18-,19-,21-/m1/s1. The Morgan fingerprint density at radius 1 is 1.27 bits per heavy atom. The van der Waals surface area contributed by atoms with E-state index in [0.29, 0.717) is 23.4 Å². The second-order valence-electron chi connectivity index (χ2n) is 10.3. The van der Waals surface area contributed by atoms with Crippen LogP contribution in [0.3, 0.4) is 0 Å². The molecule has 0 bridgehead atoms. The molecule has 0 unspecified atom stereocenters. The summed E-state index contributed by atoms with van der Waals surface area (Å²) in [5, 5.41) is 7.61. The van der Waals surface area contributed by atoms with Crippen LogP contribution in [0.2, 0.25) is 5.02 Å². The molecule has 2 aliphatic rings. The molecule has 0 amide bonds. The summed E-state index contributed by atoms with van der Waals surface area (Å²) in [4.78, 5) is 17.3. The molecule has 3 heterocycles. The van der Waals surface area contributed by atoms with E-state index in [1.807, 2.05) is 12.1 Å². The summed E-state index contributed by atoms with van der Waals surface area (Å²) in [5.41, 5.74) is 3.75. The zero-order chi connectivity index (χ0) is 23.4. The first kappa shape index (κ1) is 24.2. The van der Waals surface area contributed by atoms with Crippen LogP contribution in [0, 0.1) is 11.8 Å². The number of hydrogen-bond donors (Lipinski definition) is 2. The minimum absolute atomic E-state index is 0.0449. The minimum atomic E-state index is -0.0449. The van der Waals surface area contributed by atoms with Gasteiger partial charge in [-0.15, -0.1) is 0 Å². The number of Topliss-reactive ketones (excluding diaryl/α,β-unsaturated/α-hetero) is 1. The van der Waals surface area contributed by atoms with E-state index in [-0.39, 0.29) is 17.3 Å². The van der Waals surface area contributed by atoms with Crippen molar-refractivity contribution in [3.05, 3.63) is 47.2 Å². The number of nitrogens with one attached hydrogen (secondary N) is 2. The summed E-state index contributed by atoms with van der Waals surface area (Å²) in [6, 6.07) is 10.8. The molecule has 1 aromatic heterocycles. The highest BCUT2D eigenvalue weighted by molar-refractivity contribution is 6.33. The lowest BCUT2D eigenvalue weighted by Gasteiger charge is -2.35. The number of pyridine rings is 1. The molecule has 0 radical (unpaired) electrons. The Morgan fingerprint density at radius 2 is 2.12 bits per heavy atom. The number of carbonyl (C=O) groups excluding carboxylic acids is 1. The quantitative estimate of drug-likeness (QED) is 0.559. The van der Waals surface area contributed by atoms with Gasteiger partial charge in [-0.2, -0.15) is 0 Å². The van der Waals surface area contributed by atoms with Gasteiger partial charge >= 0.3 is 0 Å². The summed E-state index contributed by atoms with van der Waals surface area (Å²) in [7, 11) is 0. The average molecular weight is 470 g/mol. The number of rotatable bonds is 7. The van der Waals surface area contributed by atoms with Crippen molar-refractivity contribution in [1.82, 2.24) is 10.3 Å². The van der Waals surface area contributed by atoms with Crippen LogP contribution in [-0.2, 0) is 16.0 Å². The maximum atomic E-state index is 12.8. The predicted octanol–water partition coefficient (Wildman–Crippen LogP) is 5.52. The van der Waals surface area contributed by atoms with Crippen LogP contribution in [0.1, 0.15) is 52.1 Å². The Bertz CT molecular complexity index is 970. The largest absolute Gasteiger partial charge is 0.385 e. The second kappa shape index (κ2) is 10.5. The van der Waals surface area contributed by atoms with Crippen molar-refractivity contribution in [2.75, 3.05) is 25.0 Å². The SMILES string of the molecule is C[C@@H]1CC[C@@H](C(=O)Cc2cc(-c3cccc(NC[C@@H]4CCOC(C)(C)C4)c3)c(Cl)cn2)CN1. The van der Waals surface area contributed by atoms with E-state index in [2.05, 4.69) is 54.6 Å². The fraction of sp³-hybridized carbons (Fsp3) is 0.556. The highest BCUT2D eigenvalue weighted by Crippen LogP contribution is 2.32. The number of hydrogen-bond acceptors (Lipinski definition) is 5. The van der Waals surface area contributed by atoms with Crippen molar-refractivity contribution in [3.8, 4) is 11.1 Å². The zero-order valence-electron chi connectivity index (χ0n) is 20.0. The molecule has 1 aromatic carbocycles. The van der Waals surface area contributed by atoms with Gasteiger partial charge in [0.2, 0.25) is 0 Å². The molecule has 6 heteroatoms. The third kappa shape index (κ3) is 6.56. The van der Waals surface area contributed by atoms with Crippen molar-refractivity contribution in [2.24, 2.45) is 11.8 Å². The normalized spacial score (nSPS) is 24.9. The Kier molecular flexibility index (Phi) is 7.72. The maximum Gasteiger partial charge on any atom is 0.143 e. The lowest BCUT2D eigenvalue weighted by Crippen LogP contribution is -2.40. The lowest BCUT2D eigenvalue weighted by atomic mass is 9.88. The van der Waals surface area contributed by atoms with E-state index < -0.39 is 0 Å². The number of carbonyl (C=O) groups is 1. The van der Waals surface area contributed by atoms with E-state index >= 15 is 0 Å². The van der Waals surface area contributed by atoms with Gasteiger partial charge in [0.15, 0.2) is 0 Å². The predicted molar refractivity (Wildman–Crippen MR) is 135 cm³/mol. The van der Waals surface area contributed by atoms with Crippen LogP contribution in [0.5, 0.6) is 0 Å². The number of ether oxygens (including phenoxy) is 1. The molecule has 3 atom stereocenters. The molecule has 178 valence electrons. The van der Waals surface area contributed by atoms with E-state index in [1.165, 1.54) is 0 Å². The number of halogens is 1. The first-order valence-electron chi connectivity index (χ1n) is 12.2. The van der Waals surface area contributed by atoms with Gasteiger partial charge in [-0.25, -0.2) is 0 Å². The van der Waals surface area contributed by atoms with E-state index in [0.717, 1.165) is 67.9 Å². The van der Waals surface area contributed by atoms with Crippen LogP contribution in [0.4, 0.5) is 5.69 Å². The molecule has 33 heavy (non-hydrogen) atoms. The Morgan fingerprint density at radius 3 is 2.88 bits per heavy atom. The molecule has 0 saturated carbocycles. The number of aromatic nitrogens is 1. The van der Waals surface area contributed by atoms with E-state index in [1.54, 1.807) is 6.20 Å². The van der Waals surface area contributed by atoms with Crippen molar-refractivity contribution in [3.63, 3.8) is 0 Å². The molecule has 5 nitrogen and oxygen atoms in total. The summed E-state index contributed by atoms with van der Waals surface area (Å²) < 4.78 is 5.84. The molecule has 2 aliphatic heterocycles. The third-order valence-electron chi connectivity index (χ3n) is 6.95. The van der Waals surface area contributed by atoms with Gasteiger partial charge in [-0.3, -0.25) is 9.78 Å². The molecule has 4 rings (SSSR count). The second-order valence-corrected chi connectivity index (χ2v) is 10.7. The maximum absolute atomic E-state index is 12.8. The molecule has 2 N–H and O–H groups in total. The summed E-state index contributed by atoms with van der Waals surface area (Å²) in [6.45, 7) is 9.01. The van der Waals surface area contributed by atoms with Crippen molar-refractivity contribution in [2.45, 2.75) is 64.5 Å². The summed E-state index contributed by atoms with van der Waals surface area (Å²) >= 11 is 6.52. The van der Waals surface area contributed by atoms with Crippen LogP contribution < -0.4 is 10.6 Å². The van der Waals surface area contributed by atoms with Gasteiger partial charge < -0.3 is 15.4 Å². The zero-order valence-corrected chi connectivity index (χ0v) is 20.8. The van der Waals surface area contributed by atoms with Gasteiger partial charge in [0.1, 0.15) is 5.78 Å². The fourth-order valence-corrected chi connectivity index (χ4v) is 5.20. The molecule has 2 aromatic rings. The fourth-order valence-electron chi connectivity index (χ4n) is 4.99. The Balaban J connectivity index is 1.42. The molecule has 2 fully saturated rings. The van der Waals surface area contributed by atoms with Gasteiger partial charge in [-0.05, 0) is 76.1 Å². The number of nitrogens with zero attached hydrogens (tertiary/aromatic N) is 1. The van der Waals surface area contributed by atoms with Crippen LogP contribution in [0.15, 0.2) is 36.5 Å². The highest BCUT2D eigenvalue weighted by Gasteiger charge is 2.28. The molecule has 2 saturated heterocycles. The first-order valence-corrected chi connectivity index (χ1v) is 12.6. The number of piperidine rings is 1. The topological polar surface area (TPSA) is 63.2 Å². The number of ketones is 1. The number of anilines is 1. The Labute approximate surface area is 202 Å². The number of benzene rings is 1. The van der Waals surface area contributed by atoms with Crippen LogP contribution >= 0.6 is 11.6 Å². The Hall–Kier alpha value is -1.95. The molecular formula is C27H36ClN3O2. The first-order chi connectivity index (χ1) is 15.8. The van der Waals surface area contributed by atoms with Gasteiger partial charge in [0, 0.05) is 61.2 Å². The molecule has 0 aliphatic carbocycles.